The molecule has 3 aromatic heterocycles. The van der Waals surface area contributed by atoms with Gasteiger partial charge >= 0.3 is 12.6 Å². The van der Waals surface area contributed by atoms with E-state index in [0.717, 1.165) is 24.4 Å². The van der Waals surface area contributed by atoms with Crippen LogP contribution in [0.1, 0.15) is 6.42 Å². The number of carbonyl (C=O) groups is 1. The predicted molar refractivity (Wildman–Crippen MR) is 146 cm³/mol. The highest BCUT2D eigenvalue weighted by Gasteiger charge is 2.27. The monoisotopic (exact) mass is 612 g/mol. The zero-order valence-electron chi connectivity index (χ0n) is 21.4. The lowest BCUT2D eigenvalue weighted by molar-refractivity contribution is -0.139. The third-order valence-electron chi connectivity index (χ3n) is 5.57. The minimum atomic E-state index is -4.50. The molecule has 3 heterocycles. The van der Waals surface area contributed by atoms with Crippen LogP contribution in [0.15, 0.2) is 41.6 Å². The number of nitrogens with one attached hydrogen (secondary N) is 4. The molecule has 18 heteroatoms. The molecule has 0 fully saturated rings. The number of nitrogens with zero attached hydrogens (tertiary/aromatic N) is 4. The summed E-state index contributed by atoms with van der Waals surface area (Å²) in [6, 6.07) is 2.94. The molecule has 0 aliphatic carbocycles. The third-order valence-corrected chi connectivity index (χ3v) is 7.67. The van der Waals surface area contributed by atoms with Gasteiger partial charge in [0.25, 0.3) is 0 Å². The molecule has 0 saturated carbocycles. The average Bonchev–Trinajstić information content (AvgIpc) is 3.31. The summed E-state index contributed by atoms with van der Waals surface area (Å²) >= 11 is 1.33. The van der Waals surface area contributed by atoms with Crippen molar-refractivity contribution in [1.82, 2.24) is 29.9 Å². The first-order valence-corrected chi connectivity index (χ1v) is 14.5. The molecule has 1 atom stereocenters. The maximum absolute atomic E-state index is 13.7. The Kier molecular flexibility index (Phi) is 9.14. The van der Waals surface area contributed by atoms with Gasteiger partial charge in [0, 0.05) is 24.9 Å². The number of fused-ring (bicyclic) bond motifs is 1. The van der Waals surface area contributed by atoms with Crippen LogP contribution in [0.25, 0.3) is 22.2 Å². The van der Waals surface area contributed by atoms with Gasteiger partial charge in [0.15, 0.2) is 5.65 Å². The number of carboxylic acid groups (broad SMARTS) is 1. The molecule has 13 nitrogen and oxygen atoms in total. The number of sulfonamides is 1. The van der Waals surface area contributed by atoms with E-state index in [-0.39, 0.29) is 40.8 Å². The van der Waals surface area contributed by atoms with Gasteiger partial charge in [0.2, 0.25) is 16.0 Å². The van der Waals surface area contributed by atoms with Gasteiger partial charge in [0.05, 0.1) is 16.5 Å². The normalized spacial score (nSPS) is 12.4. The number of aliphatic carboxylic acids is 1. The van der Waals surface area contributed by atoms with Gasteiger partial charge in [-0.05, 0) is 42.2 Å². The number of halogens is 3. The van der Waals surface area contributed by atoms with E-state index in [1.54, 1.807) is 6.26 Å². The van der Waals surface area contributed by atoms with Crippen LogP contribution in [-0.4, -0.2) is 76.4 Å². The SMILES string of the molecule is CNc1nc(Nc2[nH]nc3ncc(F)cc23)ncc1-c1cc(OC(F)F)cc(S(=O)(=O)N[C@@H](CCSC)C(=O)O)c1. The predicted octanol–water partition coefficient (Wildman–Crippen LogP) is 3.43. The van der Waals surface area contributed by atoms with Crippen LogP contribution >= 0.6 is 11.8 Å². The maximum atomic E-state index is 13.7. The largest absolute Gasteiger partial charge is 0.480 e. The Morgan fingerprint density at radius 3 is 2.66 bits per heavy atom. The average molecular weight is 613 g/mol. The number of anilines is 3. The molecule has 1 aromatic carbocycles. The topological polar surface area (TPSA) is 184 Å². The van der Waals surface area contributed by atoms with Gasteiger partial charge in [-0.3, -0.25) is 9.89 Å². The Labute approximate surface area is 235 Å². The van der Waals surface area contributed by atoms with Gasteiger partial charge < -0.3 is 20.5 Å². The lowest BCUT2D eigenvalue weighted by Gasteiger charge is -2.17. The number of rotatable bonds is 13. The van der Waals surface area contributed by atoms with Crippen molar-refractivity contribution in [3.63, 3.8) is 0 Å². The van der Waals surface area contributed by atoms with Crippen LogP contribution in [-0.2, 0) is 14.8 Å². The van der Waals surface area contributed by atoms with E-state index in [4.69, 9.17) is 0 Å². The van der Waals surface area contributed by atoms with Gasteiger partial charge in [-0.1, -0.05) is 0 Å². The van der Waals surface area contributed by atoms with Gasteiger partial charge in [-0.15, -0.1) is 0 Å². The summed E-state index contributed by atoms with van der Waals surface area (Å²) in [5, 5.41) is 22.1. The zero-order chi connectivity index (χ0) is 29.7. The molecule has 4 rings (SSSR count). The summed E-state index contributed by atoms with van der Waals surface area (Å²) in [4.78, 5) is 23.5. The number of thioether (sulfide) groups is 1. The number of alkyl halides is 2. The van der Waals surface area contributed by atoms with Crippen molar-refractivity contribution in [1.29, 1.82) is 0 Å². The van der Waals surface area contributed by atoms with Crippen molar-refractivity contribution in [2.24, 2.45) is 0 Å². The van der Waals surface area contributed by atoms with E-state index in [0.29, 0.717) is 11.1 Å². The number of carboxylic acids is 1. The summed E-state index contributed by atoms with van der Waals surface area (Å²) in [6.45, 7) is -3.27. The fourth-order valence-corrected chi connectivity index (χ4v) is 5.46. The maximum Gasteiger partial charge on any atom is 0.387 e. The van der Waals surface area contributed by atoms with Crippen molar-refractivity contribution < 1.29 is 36.2 Å². The second-order valence-corrected chi connectivity index (χ2v) is 11.0. The molecule has 0 saturated heterocycles. The van der Waals surface area contributed by atoms with Crippen molar-refractivity contribution >= 4 is 56.4 Å². The van der Waals surface area contributed by atoms with E-state index in [2.05, 4.69) is 45.2 Å². The highest BCUT2D eigenvalue weighted by Crippen LogP contribution is 2.33. The van der Waals surface area contributed by atoms with E-state index in [9.17, 15) is 31.5 Å². The van der Waals surface area contributed by atoms with E-state index in [1.807, 2.05) is 0 Å². The molecule has 0 spiro atoms. The number of ether oxygens (including phenoxy) is 1. The van der Waals surface area contributed by atoms with Crippen molar-refractivity contribution in [2.45, 2.75) is 24.0 Å². The van der Waals surface area contributed by atoms with Crippen LogP contribution in [0, 0.1) is 5.82 Å². The molecule has 0 radical (unpaired) electrons. The molecule has 0 bridgehead atoms. The van der Waals surface area contributed by atoms with Gasteiger partial charge in [0.1, 0.15) is 29.2 Å². The first-order chi connectivity index (χ1) is 19.5. The van der Waals surface area contributed by atoms with Crippen LogP contribution < -0.4 is 20.1 Å². The lowest BCUT2D eigenvalue weighted by Crippen LogP contribution is -2.41. The summed E-state index contributed by atoms with van der Waals surface area (Å²) in [6.07, 6.45) is 4.04. The fourth-order valence-electron chi connectivity index (χ4n) is 3.70. The number of pyridine rings is 1. The standard InChI is InChI=1S/C23H23F3N8O5S2/c1-27-18-16(10-29-23(30-18)31-20-15-7-12(24)9-28-19(15)32-33-20)11-5-13(39-22(25)26)8-14(6-11)41(37,38)34-17(21(35)36)3-4-40-2/h5-10,17,22,34H,3-4H2,1-2H3,(H,35,36)(H3,27,28,29,30,31,32,33)/t17-/m0/s1. The highest BCUT2D eigenvalue weighted by atomic mass is 32.2. The molecule has 0 unspecified atom stereocenters. The second-order valence-electron chi connectivity index (χ2n) is 8.32. The van der Waals surface area contributed by atoms with Gasteiger partial charge in [-0.25, -0.2) is 22.8 Å². The molecule has 5 N–H and O–H groups in total. The van der Waals surface area contributed by atoms with Crippen molar-refractivity contribution in [3.8, 4) is 16.9 Å². The smallest absolute Gasteiger partial charge is 0.387 e. The summed E-state index contributed by atoms with van der Waals surface area (Å²) in [5.74, 6) is -1.66. The first-order valence-electron chi connectivity index (χ1n) is 11.7. The molecule has 41 heavy (non-hydrogen) atoms. The number of aromatic nitrogens is 5. The lowest BCUT2D eigenvalue weighted by atomic mass is 10.1. The van der Waals surface area contributed by atoms with Crippen LogP contribution in [0.5, 0.6) is 5.75 Å². The number of benzene rings is 1. The van der Waals surface area contributed by atoms with Crippen LogP contribution in [0.4, 0.5) is 30.8 Å². The van der Waals surface area contributed by atoms with Crippen molar-refractivity contribution in [3.05, 3.63) is 42.5 Å². The Morgan fingerprint density at radius 2 is 1.98 bits per heavy atom. The Hall–Kier alpha value is -4.16. The summed E-state index contributed by atoms with van der Waals surface area (Å²) in [5.41, 5.74) is 0.526. The summed E-state index contributed by atoms with van der Waals surface area (Å²) < 4.78 is 72.7. The number of aromatic amines is 1. The summed E-state index contributed by atoms with van der Waals surface area (Å²) in [7, 11) is -2.98. The molecule has 218 valence electrons. The van der Waals surface area contributed by atoms with Gasteiger partial charge in [-0.2, -0.15) is 35.3 Å². The van der Waals surface area contributed by atoms with E-state index >= 15 is 0 Å². The van der Waals surface area contributed by atoms with E-state index < -0.39 is 45.1 Å². The second kappa shape index (κ2) is 12.6. The first kappa shape index (κ1) is 29.8. The van der Waals surface area contributed by atoms with E-state index in [1.165, 1.54) is 31.1 Å². The molecule has 4 aromatic rings. The highest BCUT2D eigenvalue weighted by molar-refractivity contribution is 7.98. The van der Waals surface area contributed by atoms with Crippen LogP contribution in [0.2, 0.25) is 0 Å². The Bertz CT molecular complexity index is 1670. The van der Waals surface area contributed by atoms with Crippen LogP contribution in [0.3, 0.4) is 0 Å². The molecule has 0 aliphatic heterocycles. The Balaban J connectivity index is 1.72. The molecular formula is C23H23F3N8O5S2. The van der Waals surface area contributed by atoms with Crippen molar-refractivity contribution in [2.75, 3.05) is 29.7 Å². The Morgan fingerprint density at radius 1 is 1.20 bits per heavy atom. The minimum absolute atomic E-state index is 0.00363. The number of hydrogen-bond acceptors (Lipinski definition) is 11. The number of hydrogen-bond donors (Lipinski definition) is 5. The third kappa shape index (κ3) is 7.14. The minimum Gasteiger partial charge on any atom is -0.480 e. The fraction of sp³-hybridized carbons (Fsp3) is 0.261. The number of H-pyrrole nitrogens is 1. The quantitative estimate of drug-likeness (QED) is 0.148. The molecular weight excluding hydrogens is 589 g/mol. The molecule has 0 amide bonds. The molecule has 0 aliphatic rings. The zero-order valence-corrected chi connectivity index (χ0v) is 23.0.